The van der Waals surface area contributed by atoms with Gasteiger partial charge in [-0.15, -0.1) is 0 Å². The lowest BCUT2D eigenvalue weighted by atomic mass is 9.64. The number of alkyl carbamates (subject to hydrolysis) is 1. The fourth-order valence-electron chi connectivity index (χ4n) is 12.3. The number of aliphatic carboxylic acids is 1. The van der Waals surface area contributed by atoms with E-state index in [1.54, 1.807) is 55.4 Å². The molecule has 0 aliphatic carbocycles. The van der Waals surface area contributed by atoms with Crippen molar-refractivity contribution in [1.82, 2.24) is 10.6 Å². The van der Waals surface area contributed by atoms with Crippen LogP contribution in [0.2, 0.25) is 0 Å². The molecule has 0 spiro atoms. The summed E-state index contributed by atoms with van der Waals surface area (Å²) in [6, 6.07) is 9.14. The third-order valence-electron chi connectivity index (χ3n) is 16.4. The number of ether oxygens (including phenoxy) is 10. The average Bonchev–Trinajstić information content (AvgIpc) is 3.56. The van der Waals surface area contributed by atoms with E-state index in [2.05, 4.69) is 15.8 Å². The fourth-order valence-corrected chi connectivity index (χ4v) is 12.3. The summed E-state index contributed by atoms with van der Waals surface area (Å²) in [6.07, 6.45) is -12.5. The van der Waals surface area contributed by atoms with E-state index in [4.69, 9.17) is 52.2 Å². The number of carboxylic acid groups (broad SMARTS) is 1. The number of ketones is 1. The number of carbonyl (C=O) groups excluding carboxylic acids is 3. The molecule has 444 valence electrons. The highest BCUT2D eigenvalue weighted by atomic mass is 16.7. The Bertz CT molecular complexity index is 2090. The molecule has 78 heavy (non-hydrogen) atoms. The standard InChI is InChI=1S/C57H93N3O18/c1-28(2)42(52(64)65)43-34(8)47(30(4)27-71-55-50(69-15)49(68-14)44(61)38(12)74-55)76-53(66)37(11)48(75-41-22-31(5)58-25-33(7)72-41)36(10)46(77-54-45(62)40(60-70-16)23-32(6)73-54)29(3)24-57(13,51(63)35(43)9)78-56(67)59-26-39-20-18-17-19-21-39/h17-21,28-38,41-50,54-55,58,61-62H,22-27H2,1-16H3,(H,59,67)(H,64,65)/t29-,30?,31+,32+,33-,34-,35+,36+,37+,38+,41-,42+,43+,44+,45+,46-,47?,48-,49+,50+,54-,55+,57-/m0/s1. The number of hydrogen-bond donors (Lipinski definition) is 5. The number of oxime groups is 1. The molecule has 1 aromatic carbocycles. The summed E-state index contributed by atoms with van der Waals surface area (Å²) >= 11 is 0. The first kappa shape index (κ1) is 64.9. The largest absolute Gasteiger partial charge is 0.481 e. The van der Waals surface area contributed by atoms with Crippen LogP contribution in [0.25, 0.3) is 0 Å². The minimum Gasteiger partial charge on any atom is -0.481 e. The smallest absolute Gasteiger partial charge is 0.408 e. The Balaban J connectivity index is 1.72. The number of carbonyl (C=O) groups is 4. The van der Waals surface area contributed by atoms with Gasteiger partial charge in [-0.3, -0.25) is 14.4 Å². The molecule has 21 nitrogen and oxygen atoms in total. The lowest BCUT2D eigenvalue weighted by Gasteiger charge is -2.46. The number of benzene rings is 1. The van der Waals surface area contributed by atoms with Crippen molar-refractivity contribution in [3.05, 3.63) is 35.9 Å². The third-order valence-corrected chi connectivity index (χ3v) is 16.4. The van der Waals surface area contributed by atoms with Crippen LogP contribution in [-0.4, -0.2) is 171 Å². The first-order valence-electron chi connectivity index (χ1n) is 27.9. The van der Waals surface area contributed by atoms with E-state index in [-0.39, 0.29) is 43.9 Å². The lowest BCUT2D eigenvalue weighted by Crippen LogP contribution is -2.59. The van der Waals surface area contributed by atoms with E-state index in [0.29, 0.717) is 13.0 Å². The maximum Gasteiger partial charge on any atom is 0.408 e. The molecule has 0 radical (unpaired) electrons. The number of hydrogen-bond acceptors (Lipinski definition) is 19. The van der Waals surface area contributed by atoms with Crippen molar-refractivity contribution in [3.63, 3.8) is 0 Å². The van der Waals surface area contributed by atoms with E-state index in [1.165, 1.54) is 28.3 Å². The zero-order chi connectivity index (χ0) is 57.9. The van der Waals surface area contributed by atoms with Crippen molar-refractivity contribution < 1.29 is 86.7 Å². The quantitative estimate of drug-likeness (QED) is 0.0900. The molecule has 23 atom stereocenters. The number of rotatable bonds is 17. The highest BCUT2D eigenvalue weighted by molar-refractivity contribution is 5.92. The summed E-state index contributed by atoms with van der Waals surface area (Å²) in [5.41, 5.74) is -0.911. The SMILES string of the molecule is CON=C1C[C@@H](C)O[C@@H](O[C@@H]2[C@@H](C)[C@H](O[C@H]3C[C@@H](C)NC[C@H](C)O3)[C@@H](C)C(=O)OC(C(C)CO[C@@H]3O[C@H](C)[C@@H](O)[C@@H](OC)[C@H]3OC)[C@@H](C)[C@@H]([C@H](C(=O)O)C(C)C)[C@@H](C)C(=O)[C@@](C)(OC(=O)NCc3ccccc3)C[C@@H]2C)[C@@H]1O. The Morgan fingerprint density at radius 3 is 2.12 bits per heavy atom. The van der Waals surface area contributed by atoms with E-state index < -0.39 is 156 Å². The van der Waals surface area contributed by atoms with Crippen LogP contribution in [0.15, 0.2) is 35.5 Å². The number of nitrogens with one attached hydrogen (secondary N) is 2. The zero-order valence-electron chi connectivity index (χ0n) is 48.8. The Morgan fingerprint density at radius 2 is 1.50 bits per heavy atom. The monoisotopic (exact) mass is 1110 g/mol. The van der Waals surface area contributed by atoms with E-state index in [0.717, 1.165) is 5.56 Å². The minimum absolute atomic E-state index is 0.0472. The van der Waals surface area contributed by atoms with Crippen molar-refractivity contribution in [2.45, 2.75) is 207 Å². The van der Waals surface area contributed by atoms with Gasteiger partial charge in [-0.25, -0.2) is 4.79 Å². The van der Waals surface area contributed by atoms with Crippen LogP contribution >= 0.6 is 0 Å². The van der Waals surface area contributed by atoms with Crippen LogP contribution in [0.1, 0.15) is 115 Å². The second kappa shape index (κ2) is 29.2. The van der Waals surface area contributed by atoms with Gasteiger partial charge in [-0.1, -0.05) is 84.0 Å². The molecule has 4 aliphatic rings. The van der Waals surface area contributed by atoms with Crippen LogP contribution in [0.3, 0.4) is 0 Å². The second-order valence-corrected chi connectivity index (χ2v) is 23.2. The number of amides is 1. The molecular weight excluding hydrogens is 1010 g/mol. The van der Waals surface area contributed by atoms with Crippen molar-refractivity contribution in [2.75, 3.05) is 34.5 Å². The van der Waals surface area contributed by atoms with Gasteiger partial charge < -0.3 is 78.2 Å². The Morgan fingerprint density at radius 1 is 0.833 bits per heavy atom. The van der Waals surface area contributed by atoms with Crippen molar-refractivity contribution in [1.29, 1.82) is 0 Å². The normalized spacial score (nSPS) is 40.0. The maximum atomic E-state index is 15.9. The predicted molar refractivity (Wildman–Crippen MR) is 286 cm³/mol. The lowest BCUT2D eigenvalue weighted by molar-refractivity contribution is -0.305. The number of Topliss-reactive ketones (excluding diaryl/α,β-unsaturated/α-hetero) is 1. The van der Waals surface area contributed by atoms with Gasteiger partial charge in [0.15, 0.2) is 30.3 Å². The van der Waals surface area contributed by atoms with Crippen molar-refractivity contribution in [2.24, 2.45) is 58.4 Å². The number of aliphatic hydroxyl groups is 2. The molecule has 2 unspecified atom stereocenters. The van der Waals surface area contributed by atoms with Gasteiger partial charge in [0.05, 0.1) is 54.7 Å². The summed E-state index contributed by atoms with van der Waals surface area (Å²) < 4.78 is 63.8. The van der Waals surface area contributed by atoms with Crippen LogP contribution in [0, 0.1) is 53.3 Å². The number of carboxylic acids is 1. The summed E-state index contributed by atoms with van der Waals surface area (Å²) in [6.45, 7) is 23.5. The predicted octanol–water partition coefficient (Wildman–Crippen LogP) is 5.88. The van der Waals surface area contributed by atoms with Crippen LogP contribution in [0.5, 0.6) is 0 Å². The van der Waals surface area contributed by atoms with Gasteiger partial charge in [0.1, 0.15) is 37.6 Å². The van der Waals surface area contributed by atoms with Crippen LogP contribution in [0.4, 0.5) is 4.79 Å². The number of methoxy groups -OCH3 is 2. The first-order chi connectivity index (χ1) is 36.8. The Hall–Kier alpha value is -3.87. The molecule has 0 bridgehead atoms. The summed E-state index contributed by atoms with van der Waals surface area (Å²) in [7, 11) is 4.27. The topological polar surface area (TPSA) is 267 Å². The van der Waals surface area contributed by atoms with E-state index in [1.807, 2.05) is 58.0 Å². The van der Waals surface area contributed by atoms with Gasteiger partial charge in [0, 0.05) is 63.9 Å². The van der Waals surface area contributed by atoms with Crippen LogP contribution < -0.4 is 10.6 Å². The van der Waals surface area contributed by atoms with Crippen molar-refractivity contribution in [3.8, 4) is 0 Å². The third kappa shape index (κ3) is 16.2. The molecule has 5 N–H and O–H groups in total. The van der Waals surface area contributed by atoms with Gasteiger partial charge in [-0.05, 0) is 77.2 Å². The molecule has 1 amide bonds. The number of nitrogens with zero attached hydrogens (tertiary/aromatic N) is 1. The number of esters is 1. The molecule has 4 saturated heterocycles. The van der Waals surface area contributed by atoms with E-state index >= 15 is 9.59 Å². The summed E-state index contributed by atoms with van der Waals surface area (Å²) in [5.74, 6) is -10.6. The minimum atomic E-state index is -1.97. The van der Waals surface area contributed by atoms with Crippen molar-refractivity contribution >= 4 is 29.5 Å². The first-order valence-corrected chi connectivity index (χ1v) is 27.9. The number of aliphatic hydroxyl groups excluding tert-OH is 2. The van der Waals surface area contributed by atoms with Gasteiger partial charge in [0.2, 0.25) is 0 Å². The molecule has 0 saturated carbocycles. The molecular formula is C57H93N3O18. The number of cyclic esters (lactones) is 1. The highest BCUT2D eigenvalue weighted by Gasteiger charge is 2.54. The fraction of sp³-hybridized carbons (Fsp3) is 0.807. The Kier molecular flexibility index (Phi) is 24.3. The molecule has 1 aromatic rings. The maximum absolute atomic E-state index is 15.9. The molecule has 4 heterocycles. The molecule has 5 rings (SSSR count). The summed E-state index contributed by atoms with van der Waals surface area (Å²) in [4.78, 5) is 64.4. The molecule has 4 fully saturated rings. The van der Waals surface area contributed by atoms with Gasteiger partial charge in [-0.2, -0.15) is 0 Å². The molecule has 0 aromatic heterocycles. The molecule has 4 aliphatic heterocycles. The van der Waals surface area contributed by atoms with E-state index in [9.17, 15) is 24.9 Å². The Labute approximate surface area is 461 Å². The zero-order valence-corrected chi connectivity index (χ0v) is 48.8. The molecule has 21 heteroatoms. The van der Waals surface area contributed by atoms with Gasteiger partial charge in [0.25, 0.3) is 0 Å². The highest BCUT2D eigenvalue weighted by Crippen LogP contribution is 2.44. The van der Waals surface area contributed by atoms with Crippen LogP contribution in [-0.2, 0) is 73.1 Å². The van der Waals surface area contributed by atoms with Gasteiger partial charge >= 0.3 is 18.0 Å². The average molecular weight is 1110 g/mol. The summed E-state index contributed by atoms with van der Waals surface area (Å²) in [5, 5.41) is 44.3. The second-order valence-electron chi connectivity index (χ2n) is 23.2.